The van der Waals surface area contributed by atoms with E-state index >= 15 is 0 Å². The molecule has 0 radical (unpaired) electrons. The van der Waals surface area contributed by atoms with Crippen LogP contribution in [0.5, 0.6) is 0 Å². The zero-order valence-electron chi connectivity index (χ0n) is 12.3. The smallest absolute Gasteiger partial charge is 0.244 e. The normalized spacial score (nSPS) is 11.6. The van der Waals surface area contributed by atoms with Gasteiger partial charge in [0.2, 0.25) is 5.69 Å². The largest absolute Gasteiger partial charge is 0.317 e. The molecule has 0 aliphatic carbocycles. The number of hydrogen-bond donors (Lipinski definition) is 1. The molecule has 2 aromatic carbocycles. The summed E-state index contributed by atoms with van der Waals surface area (Å²) in [5.41, 5.74) is 2.01. The highest BCUT2D eigenvalue weighted by Gasteiger charge is 2.13. The molecular formula is C16H17Br2O2PS2. The van der Waals surface area contributed by atoms with Crippen molar-refractivity contribution < 1.29 is 9.05 Å². The fourth-order valence-electron chi connectivity index (χ4n) is 1.80. The maximum atomic E-state index is 5.70. The maximum Gasteiger partial charge on any atom is 0.244 e. The minimum absolute atomic E-state index is 0.409. The van der Waals surface area contributed by atoms with Gasteiger partial charge in [-0.15, -0.1) is 0 Å². The summed E-state index contributed by atoms with van der Waals surface area (Å²) in [5.74, 6) is 0. The first-order chi connectivity index (χ1) is 11.0. The highest BCUT2D eigenvalue weighted by molar-refractivity contribution is 9.08. The number of benzene rings is 2. The Morgan fingerprint density at radius 2 is 1.04 bits per heavy atom. The Kier molecular flexibility index (Phi) is 8.29. The Bertz CT molecular complexity index is 607. The van der Waals surface area contributed by atoms with Crippen molar-refractivity contribution in [3.05, 3.63) is 70.8 Å². The molecule has 0 atom stereocenters. The fourth-order valence-corrected chi connectivity index (χ4v) is 3.91. The van der Waals surface area contributed by atoms with E-state index < -0.39 is 5.69 Å². The third kappa shape index (κ3) is 6.99. The zero-order valence-corrected chi connectivity index (χ0v) is 18.1. The van der Waals surface area contributed by atoms with E-state index in [1.807, 2.05) is 24.3 Å². The van der Waals surface area contributed by atoms with Gasteiger partial charge in [0.05, 0.1) is 13.2 Å². The molecule has 2 nitrogen and oxygen atoms in total. The van der Waals surface area contributed by atoms with Crippen LogP contribution < -0.4 is 0 Å². The molecule has 124 valence electrons. The maximum absolute atomic E-state index is 5.70. The van der Waals surface area contributed by atoms with Crippen molar-refractivity contribution >= 4 is 61.6 Å². The molecule has 23 heavy (non-hydrogen) atoms. The molecule has 0 fully saturated rings. The summed E-state index contributed by atoms with van der Waals surface area (Å²) < 4.78 is 11.4. The lowest BCUT2D eigenvalue weighted by Crippen LogP contribution is -1.94. The number of halogens is 2. The molecule has 0 saturated carbocycles. The van der Waals surface area contributed by atoms with Crippen LogP contribution in [0.25, 0.3) is 0 Å². The topological polar surface area (TPSA) is 18.5 Å². The highest BCUT2D eigenvalue weighted by Crippen LogP contribution is 2.54. The summed E-state index contributed by atoms with van der Waals surface area (Å²) in [6, 6.07) is 16.3. The second-order valence-corrected chi connectivity index (χ2v) is 11.3. The molecule has 0 aromatic heterocycles. The van der Waals surface area contributed by atoms with Crippen molar-refractivity contribution in [2.24, 2.45) is 0 Å². The second kappa shape index (κ2) is 9.71. The first-order valence-corrected chi connectivity index (χ1v) is 13.0. The lowest BCUT2D eigenvalue weighted by molar-refractivity contribution is 0.246. The van der Waals surface area contributed by atoms with Crippen LogP contribution >= 0.6 is 49.8 Å². The third-order valence-electron chi connectivity index (χ3n) is 3.14. The minimum atomic E-state index is -2.55. The van der Waals surface area contributed by atoms with E-state index in [0.29, 0.717) is 13.2 Å². The van der Waals surface area contributed by atoms with E-state index in [0.717, 1.165) is 21.8 Å². The van der Waals surface area contributed by atoms with Crippen LogP contribution in [-0.2, 0) is 44.7 Å². The summed E-state index contributed by atoms with van der Waals surface area (Å²) >= 11 is 16.6. The molecule has 0 N–H and O–H groups in total. The summed E-state index contributed by atoms with van der Waals surface area (Å²) in [4.78, 5) is 0. The molecule has 0 unspecified atom stereocenters. The number of thiol groups is 1. The van der Waals surface area contributed by atoms with Crippen molar-refractivity contribution in [2.75, 3.05) is 0 Å². The molecule has 0 spiro atoms. The summed E-state index contributed by atoms with van der Waals surface area (Å²) in [5, 5.41) is 1.69. The van der Waals surface area contributed by atoms with E-state index in [4.69, 9.17) is 20.9 Å². The van der Waals surface area contributed by atoms with E-state index in [9.17, 15) is 0 Å². The van der Waals surface area contributed by atoms with Crippen molar-refractivity contribution in [3.8, 4) is 0 Å². The van der Waals surface area contributed by atoms with Crippen LogP contribution in [0.1, 0.15) is 22.3 Å². The Morgan fingerprint density at radius 3 is 1.35 bits per heavy atom. The molecular weight excluding hydrogens is 479 g/mol. The molecule has 0 heterocycles. The van der Waals surface area contributed by atoms with Gasteiger partial charge in [-0.3, -0.25) is 0 Å². The lowest BCUT2D eigenvalue weighted by Gasteiger charge is -2.17. The van der Waals surface area contributed by atoms with Gasteiger partial charge in [0.1, 0.15) is 0 Å². The van der Waals surface area contributed by atoms with Gasteiger partial charge in [0.25, 0.3) is 0 Å². The quantitative estimate of drug-likeness (QED) is 0.261. The van der Waals surface area contributed by atoms with Gasteiger partial charge in [0, 0.05) is 10.7 Å². The Hall–Kier alpha value is 0.320. The molecule has 7 heteroatoms. The molecule has 2 rings (SSSR count). The van der Waals surface area contributed by atoms with Crippen LogP contribution in [0, 0.1) is 0 Å². The van der Waals surface area contributed by atoms with Crippen LogP contribution in [0.15, 0.2) is 48.5 Å². The Labute approximate surface area is 164 Å². The van der Waals surface area contributed by atoms with Crippen LogP contribution in [0.3, 0.4) is 0 Å². The third-order valence-corrected chi connectivity index (χ3v) is 6.67. The molecule has 0 aliphatic rings. The average Bonchev–Trinajstić information content (AvgIpc) is 2.59. The predicted molar refractivity (Wildman–Crippen MR) is 111 cm³/mol. The standard InChI is InChI=1S/C16H17Br2O2PS2/c17-9-13-1-5-15(6-2-13)11-19-21(22,23)20-12-16-7-3-14(10-18)4-8-16/h1-8H,9-12H2,(H,22,23). The van der Waals surface area contributed by atoms with Crippen LogP contribution in [0.4, 0.5) is 0 Å². The number of hydrogen-bond acceptors (Lipinski definition) is 3. The van der Waals surface area contributed by atoms with E-state index in [-0.39, 0.29) is 0 Å². The molecule has 0 amide bonds. The minimum Gasteiger partial charge on any atom is -0.317 e. The van der Waals surface area contributed by atoms with E-state index in [1.165, 1.54) is 11.1 Å². The van der Waals surface area contributed by atoms with Crippen LogP contribution in [-0.4, -0.2) is 0 Å². The van der Waals surface area contributed by atoms with Crippen molar-refractivity contribution in [1.82, 2.24) is 0 Å². The lowest BCUT2D eigenvalue weighted by atomic mass is 10.2. The first kappa shape index (κ1) is 19.6. The van der Waals surface area contributed by atoms with E-state index in [1.54, 1.807) is 0 Å². The van der Waals surface area contributed by atoms with Crippen LogP contribution in [0.2, 0.25) is 0 Å². The second-order valence-electron chi connectivity index (χ2n) is 4.92. The molecule has 0 saturated heterocycles. The van der Waals surface area contributed by atoms with Gasteiger partial charge in [-0.1, -0.05) is 92.6 Å². The van der Waals surface area contributed by atoms with Gasteiger partial charge in [-0.2, -0.15) is 0 Å². The zero-order chi connectivity index (χ0) is 16.7. The number of alkyl halides is 2. The SMILES string of the molecule is S=P(S)(OCc1ccc(CBr)cc1)OCc1ccc(CBr)cc1. The van der Waals surface area contributed by atoms with E-state index in [2.05, 4.69) is 68.4 Å². The Morgan fingerprint density at radius 1 is 0.739 bits per heavy atom. The summed E-state index contributed by atoms with van der Waals surface area (Å²) in [6.45, 7) is 0.817. The van der Waals surface area contributed by atoms with Gasteiger partial charge in [-0.25, -0.2) is 0 Å². The number of rotatable bonds is 8. The van der Waals surface area contributed by atoms with Gasteiger partial charge < -0.3 is 9.05 Å². The highest BCUT2D eigenvalue weighted by atomic mass is 79.9. The average molecular weight is 496 g/mol. The Balaban J connectivity index is 1.84. The monoisotopic (exact) mass is 494 g/mol. The van der Waals surface area contributed by atoms with Gasteiger partial charge in [0.15, 0.2) is 0 Å². The predicted octanol–water partition coefficient (Wildman–Crippen LogP) is 6.36. The summed E-state index contributed by atoms with van der Waals surface area (Å²) in [6.07, 6.45) is 0. The molecule has 2 aromatic rings. The fraction of sp³-hybridized carbons (Fsp3) is 0.250. The van der Waals surface area contributed by atoms with Gasteiger partial charge >= 0.3 is 0 Å². The van der Waals surface area contributed by atoms with Crippen molar-refractivity contribution in [3.63, 3.8) is 0 Å². The summed E-state index contributed by atoms with van der Waals surface area (Å²) in [7, 11) is 0. The molecule has 0 bridgehead atoms. The van der Waals surface area contributed by atoms with Crippen molar-refractivity contribution in [1.29, 1.82) is 0 Å². The van der Waals surface area contributed by atoms with Gasteiger partial charge in [-0.05, 0) is 34.1 Å². The van der Waals surface area contributed by atoms with Crippen molar-refractivity contribution in [2.45, 2.75) is 23.9 Å². The first-order valence-electron chi connectivity index (χ1n) is 6.92. The molecule has 0 aliphatic heterocycles.